The van der Waals surface area contributed by atoms with Crippen molar-refractivity contribution in [3.63, 3.8) is 0 Å². The predicted octanol–water partition coefficient (Wildman–Crippen LogP) is 6.76. The largest absolute Gasteiger partial charge is 0.506 e. The molecule has 208 valence electrons. The van der Waals surface area contributed by atoms with Crippen molar-refractivity contribution in [1.82, 2.24) is 4.90 Å². The van der Waals surface area contributed by atoms with Gasteiger partial charge in [-0.1, -0.05) is 38.1 Å². The molecule has 9 heteroatoms. The van der Waals surface area contributed by atoms with Gasteiger partial charge in [-0.2, -0.15) is 18.4 Å². The third kappa shape index (κ3) is 6.29. The zero-order valence-electron chi connectivity index (χ0n) is 22.2. The van der Waals surface area contributed by atoms with Crippen LogP contribution in [0.3, 0.4) is 0 Å². The van der Waals surface area contributed by atoms with Gasteiger partial charge >= 0.3 is 11.8 Å². The highest BCUT2D eigenvalue weighted by Gasteiger charge is 2.30. The molecule has 0 aliphatic carbocycles. The number of hydrogen-bond acceptors (Lipinski definition) is 6. The highest BCUT2D eigenvalue weighted by Crippen LogP contribution is 2.36. The maximum Gasteiger partial charge on any atom is 0.416 e. The van der Waals surface area contributed by atoms with Gasteiger partial charge in [-0.25, -0.2) is 4.79 Å². The number of likely N-dealkylation sites (N-methyl/N-ethyl adjacent to an activating group) is 1. The van der Waals surface area contributed by atoms with E-state index in [4.69, 9.17) is 9.15 Å². The van der Waals surface area contributed by atoms with Gasteiger partial charge in [0.15, 0.2) is 5.58 Å². The molecule has 1 N–H and O–H groups in total. The van der Waals surface area contributed by atoms with Crippen LogP contribution in [-0.2, 0) is 12.6 Å². The summed E-state index contributed by atoms with van der Waals surface area (Å²) in [6.07, 6.45) is -3.24. The van der Waals surface area contributed by atoms with Crippen molar-refractivity contribution in [2.75, 3.05) is 26.2 Å². The molecular weight excluding hydrogens is 521 g/mol. The van der Waals surface area contributed by atoms with Crippen LogP contribution >= 0.6 is 0 Å². The second-order valence-corrected chi connectivity index (χ2v) is 9.37. The van der Waals surface area contributed by atoms with Crippen LogP contribution in [0, 0.1) is 11.3 Å². The molecule has 4 rings (SSSR count). The first kappa shape index (κ1) is 28.7. The van der Waals surface area contributed by atoms with E-state index in [1.165, 1.54) is 24.3 Å². The Balaban J connectivity index is 1.71. The van der Waals surface area contributed by atoms with Crippen LogP contribution in [0.2, 0.25) is 0 Å². The maximum absolute atomic E-state index is 13.2. The van der Waals surface area contributed by atoms with Crippen molar-refractivity contribution in [2.24, 2.45) is 0 Å². The molecule has 3 aromatic carbocycles. The van der Waals surface area contributed by atoms with Crippen molar-refractivity contribution >= 4 is 11.0 Å². The number of phenolic OH excluding ortho intramolecular Hbond substituents is 1. The van der Waals surface area contributed by atoms with Crippen LogP contribution in [-0.4, -0.2) is 36.2 Å². The monoisotopic (exact) mass is 550 g/mol. The van der Waals surface area contributed by atoms with Gasteiger partial charge in [-0.15, -0.1) is 0 Å². The van der Waals surface area contributed by atoms with E-state index in [-0.39, 0.29) is 34.4 Å². The number of aromatic hydroxyl groups is 1. The smallest absolute Gasteiger partial charge is 0.416 e. The van der Waals surface area contributed by atoms with Gasteiger partial charge in [-0.3, -0.25) is 0 Å². The van der Waals surface area contributed by atoms with Crippen LogP contribution in [0.5, 0.6) is 11.5 Å². The maximum atomic E-state index is 13.2. The summed E-state index contributed by atoms with van der Waals surface area (Å²) >= 11 is 0. The van der Waals surface area contributed by atoms with Gasteiger partial charge in [-0.05, 0) is 79.0 Å². The lowest BCUT2D eigenvalue weighted by molar-refractivity contribution is -0.137. The van der Waals surface area contributed by atoms with E-state index in [1.807, 2.05) is 30.3 Å². The molecule has 1 aromatic heterocycles. The molecule has 1 heterocycles. The first-order valence-electron chi connectivity index (χ1n) is 13.0. The summed E-state index contributed by atoms with van der Waals surface area (Å²) in [6, 6.07) is 16.3. The Kier molecular flexibility index (Phi) is 8.80. The van der Waals surface area contributed by atoms with Crippen LogP contribution in [0.25, 0.3) is 22.1 Å². The fourth-order valence-corrected chi connectivity index (χ4v) is 4.67. The van der Waals surface area contributed by atoms with Gasteiger partial charge in [0.25, 0.3) is 0 Å². The molecule has 0 aliphatic heterocycles. The first-order chi connectivity index (χ1) is 19.2. The lowest BCUT2D eigenvalue weighted by atomic mass is 9.92. The average molecular weight is 551 g/mol. The second-order valence-electron chi connectivity index (χ2n) is 9.37. The molecular formula is C31H29F3N2O4. The number of ether oxygens (including phenoxy) is 1. The third-order valence-corrected chi connectivity index (χ3v) is 6.74. The van der Waals surface area contributed by atoms with Crippen LogP contribution in [0.4, 0.5) is 13.2 Å². The van der Waals surface area contributed by atoms with Gasteiger partial charge < -0.3 is 19.2 Å². The van der Waals surface area contributed by atoms with Gasteiger partial charge in [0.05, 0.1) is 11.1 Å². The number of phenols is 1. The van der Waals surface area contributed by atoms with Crippen LogP contribution in [0.15, 0.2) is 69.9 Å². The minimum absolute atomic E-state index is 0.0781. The Labute approximate surface area is 229 Å². The third-order valence-electron chi connectivity index (χ3n) is 6.74. The lowest BCUT2D eigenvalue weighted by Gasteiger charge is -2.19. The molecule has 0 amide bonds. The predicted molar refractivity (Wildman–Crippen MR) is 146 cm³/mol. The topological polar surface area (TPSA) is 86.7 Å². The minimum Gasteiger partial charge on any atom is -0.506 e. The van der Waals surface area contributed by atoms with Crippen LogP contribution < -0.4 is 10.4 Å². The van der Waals surface area contributed by atoms with E-state index in [9.17, 15) is 28.3 Å². The summed E-state index contributed by atoms with van der Waals surface area (Å²) in [5.41, 5.74) is -0.323. The highest BCUT2D eigenvalue weighted by atomic mass is 19.4. The van der Waals surface area contributed by atoms with E-state index >= 15 is 0 Å². The van der Waals surface area contributed by atoms with E-state index < -0.39 is 17.4 Å². The molecule has 0 spiro atoms. The Morgan fingerprint density at radius 1 is 1.00 bits per heavy atom. The van der Waals surface area contributed by atoms with Gasteiger partial charge in [0.2, 0.25) is 0 Å². The Hall–Kier alpha value is -4.29. The molecule has 0 atom stereocenters. The molecule has 0 unspecified atom stereocenters. The van der Waals surface area contributed by atoms with Crippen molar-refractivity contribution in [2.45, 2.75) is 32.9 Å². The molecule has 4 aromatic rings. The van der Waals surface area contributed by atoms with Gasteiger partial charge in [0, 0.05) is 11.9 Å². The second kappa shape index (κ2) is 12.3. The van der Waals surface area contributed by atoms with E-state index in [0.717, 1.165) is 43.8 Å². The molecule has 0 aliphatic rings. The average Bonchev–Trinajstić information content (AvgIpc) is 2.93. The zero-order valence-corrected chi connectivity index (χ0v) is 22.2. The standard InChI is InChI=1S/C31H29F3N2O4/c1-3-15-36(4-2)16-17-39-23-11-5-20(6-12-23)18-25-24-13-14-27(37)26(19-35)29(24)40-30(38)28(25)21-7-9-22(10-8-21)31(32,33)34/h5-14,37H,3-4,15-18H2,1-2H3. The van der Waals surface area contributed by atoms with E-state index in [2.05, 4.69) is 18.7 Å². The molecule has 0 radical (unpaired) electrons. The number of hydrogen-bond donors (Lipinski definition) is 1. The number of halogens is 3. The normalized spacial score (nSPS) is 11.6. The lowest BCUT2D eigenvalue weighted by Crippen LogP contribution is -2.28. The van der Waals surface area contributed by atoms with Crippen molar-refractivity contribution in [3.05, 3.63) is 93.3 Å². The number of nitriles is 1. The molecule has 0 bridgehead atoms. The number of fused-ring (bicyclic) bond motifs is 1. The summed E-state index contributed by atoms with van der Waals surface area (Å²) in [6.45, 7) is 7.54. The highest BCUT2D eigenvalue weighted by molar-refractivity contribution is 5.92. The Morgan fingerprint density at radius 3 is 2.30 bits per heavy atom. The van der Waals surface area contributed by atoms with Crippen molar-refractivity contribution in [1.29, 1.82) is 5.26 Å². The number of rotatable bonds is 10. The fraction of sp³-hybridized carbons (Fsp3) is 0.290. The minimum atomic E-state index is -4.52. The fourth-order valence-electron chi connectivity index (χ4n) is 4.67. The first-order valence-corrected chi connectivity index (χ1v) is 13.0. The van der Waals surface area contributed by atoms with Crippen molar-refractivity contribution < 1.29 is 27.4 Å². The summed E-state index contributed by atoms with van der Waals surface area (Å²) in [5.74, 6) is 0.349. The molecule has 0 saturated carbocycles. The molecule has 6 nitrogen and oxygen atoms in total. The summed E-state index contributed by atoms with van der Waals surface area (Å²) < 4.78 is 50.8. The number of benzene rings is 3. The van der Waals surface area contributed by atoms with Gasteiger partial charge in [0.1, 0.15) is 29.7 Å². The SMILES string of the molecule is CCCN(CC)CCOc1ccc(Cc2c(-c3ccc(C(F)(F)F)cc3)c(=O)oc3c(C#N)c(O)ccc23)cc1. The quantitative estimate of drug-likeness (QED) is 0.220. The number of alkyl halides is 3. The molecule has 0 fully saturated rings. The summed E-state index contributed by atoms with van der Waals surface area (Å²) in [7, 11) is 0. The Bertz CT molecular complexity index is 1570. The number of nitrogens with zero attached hydrogens (tertiary/aromatic N) is 2. The molecule has 40 heavy (non-hydrogen) atoms. The zero-order chi connectivity index (χ0) is 28.9. The van der Waals surface area contributed by atoms with E-state index in [1.54, 1.807) is 0 Å². The van der Waals surface area contributed by atoms with Crippen LogP contribution in [0.1, 0.15) is 42.5 Å². The summed E-state index contributed by atoms with van der Waals surface area (Å²) in [4.78, 5) is 15.5. The van der Waals surface area contributed by atoms with E-state index in [0.29, 0.717) is 23.3 Å². The Morgan fingerprint density at radius 2 is 1.70 bits per heavy atom. The summed E-state index contributed by atoms with van der Waals surface area (Å²) in [5, 5.41) is 20.1. The molecule has 0 saturated heterocycles. The van der Waals surface area contributed by atoms with Crippen molar-refractivity contribution in [3.8, 4) is 28.7 Å².